The first-order valence-corrected chi connectivity index (χ1v) is 4.87. The van der Waals surface area contributed by atoms with E-state index in [1.165, 1.54) is 6.42 Å². The molecule has 0 bridgehead atoms. The summed E-state index contributed by atoms with van der Waals surface area (Å²) in [4.78, 5) is 2.28. The molecule has 0 fully saturated rings. The summed E-state index contributed by atoms with van der Waals surface area (Å²) in [6, 6.07) is 0. The van der Waals surface area contributed by atoms with Crippen LogP contribution in [-0.4, -0.2) is 25.5 Å². The zero-order valence-corrected chi connectivity index (χ0v) is 9.86. The van der Waals surface area contributed by atoms with E-state index in [2.05, 4.69) is 53.6 Å². The molecule has 0 saturated carbocycles. The van der Waals surface area contributed by atoms with E-state index in [9.17, 15) is 0 Å². The maximum absolute atomic E-state index is 2.36. The van der Waals surface area contributed by atoms with Crippen LogP contribution < -0.4 is 0 Å². The Labute approximate surface area is 78.1 Å². The molecule has 0 aliphatic carbocycles. The molecule has 12 heavy (non-hydrogen) atoms. The minimum absolute atomic E-state index is 0.394. The quantitative estimate of drug-likeness (QED) is 0.628. The Morgan fingerprint density at radius 1 is 0.917 bits per heavy atom. The van der Waals surface area contributed by atoms with Crippen molar-refractivity contribution in [3.8, 4) is 0 Å². The lowest BCUT2D eigenvalue weighted by atomic mass is 9.66. The maximum atomic E-state index is 2.36. The first kappa shape index (κ1) is 12.0. The Morgan fingerprint density at radius 2 is 1.33 bits per heavy atom. The third kappa shape index (κ3) is 2.78. The summed E-state index contributed by atoms with van der Waals surface area (Å²) >= 11 is 0. The van der Waals surface area contributed by atoms with Crippen LogP contribution in [0.5, 0.6) is 0 Å². The van der Waals surface area contributed by atoms with E-state index in [1.54, 1.807) is 0 Å². The van der Waals surface area contributed by atoms with Gasteiger partial charge in [0.1, 0.15) is 0 Å². The van der Waals surface area contributed by atoms with Gasteiger partial charge in [-0.2, -0.15) is 0 Å². The van der Waals surface area contributed by atoms with Gasteiger partial charge in [-0.3, -0.25) is 0 Å². The van der Waals surface area contributed by atoms with Crippen LogP contribution >= 0.6 is 0 Å². The minimum Gasteiger partial charge on any atom is -0.309 e. The smallest absolute Gasteiger partial charge is 0.00317 e. The number of hydrogen-bond acceptors (Lipinski definition) is 1. The second kappa shape index (κ2) is 3.78. The fourth-order valence-corrected chi connectivity index (χ4v) is 1.48. The van der Waals surface area contributed by atoms with Gasteiger partial charge in [-0.25, -0.2) is 0 Å². The molecule has 0 atom stereocenters. The molecule has 74 valence electrons. The van der Waals surface area contributed by atoms with Crippen LogP contribution in [0.2, 0.25) is 0 Å². The van der Waals surface area contributed by atoms with Gasteiger partial charge in [0.05, 0.1) is 0 Å². The lowest BCUT2D eigenvalue weighted by molar-refractivity contribution is 0.0711. The third-order valence-corrected chi connectivity index (χ3v) is 3.43. The Kier molecular flexibility index (Phi) is 3.77. The number of hydrogen-bond donors (Lipinski definition) is 0. The normalized spacial score (nSPS) is 14.0. The average Bonchev–Trinajstić information content (AvgIpc) is 1.84. The predicted octanol–water partition coefficient (Wildman–Crippen LogP) is 3.01. The van der Waals surface area contributed by atoms with Crippen molar-refractivity contribution >= 4 is 0 Å². The summed E-state index contributed by atoms with van der Waals surface area (Å²) < 4.78 is 0. The van der Waals surface area contributed by atoms with Gasteiger partial charge in [-0.05, 0) is 24.9 Å². The van der Waals surface area contributed by atoms with Gasteiger partial charge in [0.15, 0.2) is 0 Å². The highest BCUT2D eigenvalue weighted by Gasteiger charge is 2.35. The highest BCUT2D eigenvalue weighted by atomic mass is 15.1. The van der Waals surface area contributed by atoms with E-state index in [0.717, 1.165) is 6.54 Å². The summed E-state index contributed by atoms with van der Waals surface area (Å²) in [6.45, 7) is 12.9. The summed E-state index contributed by atoms with van der Waals surface area (Å²) in [7, 11) is 4.29. The van der Waals surface area contributed by atoms with Crippen molar-refractivity contribution in [3.05, 3.63) is 0 Å². The second-order valence-corrected chi connectivity index (χ2v) is 5.36. The molecule has 1 heteroatoms. The number of nitrogens with zero attached hydrogens (tertiary/aromatic N) is 1. The van der Waals surface area contributed by atoms with Crippen LogP contribution in [-0.2, 0) is 0 Å². The molecule has 1 nitrogen and oxygen atoms in total. The average molecular weight is 171 g/mol. The Hall–Kier alpha value is -0.0400. The summed E-state index contributed by atoms with van der Waals surface area (Å²) in [5.74, 6) is 0. The van der Waals surface area contributed by atoms with Crippen molar-refractivity contribution in [1.29, 1.82) is 0 Å². The van der Waals surface area contributed by atoms with Crippen LogP contribution in [0.1, 0.15) is 41.0 Å². The van der Waals surface area contributed by atoms with Crippen molar-refractivity contribution in [2.24, 2.45) is 10.8 Å². The van der Waals surface area contributed by atoms with Crippen molar-refractivity contribution in [2.75, 3.05) is 20.6 Å². The molecule has 0 aromatic carbocycles. The monoisotopic (exact) mass is 171 g/mol. The zero-order valence-electron chi connectivity index (χ0n) is 9.86. The fraction of sp³-hybridized carbons (Fsp3) is 1.00. The molecule has 0 aromatic heterocycles. The Morgan fingerprint density at radius 3 is 1.58 bits per heavy atom. The van der Waals surface area contributed by atoms with Gasteiger partial charge >= 0.3 is 0 Å². The highest BCUT2D eigenvalue weighted by Crippen LogP contribution is 2.41. The molecule has 0 unspecified atom stereocenters. The minimum atomic E-state index is 0.394. The van der Waals surface area contributed by atoms with Crippen LogP contribution in [0, 0.1) is 10.8 Å². The van der Waals surface area contributed by atoms with Gasteiger partial charge in [-0.15, -0.1) is 0 Å². The molecule has 0 amide bonds. The second-order valence-electron chi connectivity index (χ2n) is 5.36. The molecule has 0 heterocycles. The van der Waals surface area contributed by atoms with Crippen molar-refractivity contribution < 1.29 is 0 Å². The van der Waals surface area contributed by atoms with Gasteiger partial charge < -0.3 is 4.90 Å². The molecule has 0 rings (SSSR count). The van der Waals surface area contributed by atoms with E-state index in [-0.39, 0.29) is 0 Å². The van der Waals surface area contributed by atoms with Crippen molar-refractivity contribution in [3.63, 3.8) is 0 Å². The van der Waals surface area contributed by atoms with Crippen molar-refractivity contribution in [1.82, 2.24) is 4.90 Å². The number of rotatable bonds is 4. The predicted molar refractivity (Wildman–Crippen MR) is 56.4 cm³/mol. The zero-order chi connectivity index (χ0) is 9.99. The Balaban J connectivity index is 4.37. The van der Waals surface area contributed by atoms with E-state index in [0.29, 0.717) is 10.8 Å². The molecular formula is C11H25N. The van der Waals surface area contributed by atoms with E-state index in [1.807, 2.05) is 0 Å². The van der Waals surface area contributed by atoms with Crippen molar-refractivity contribution in [2.45, 2.75) is 41.0 Å². The van der Waals surface area contributed by atoms with Gasteiger partial charge in [0, 0.05) is 6.54 Å². The molecular weight excluding hydrogens is 146 g/mol. The standard InChI is InChI=1S/C11H25N/c1-8-10(2,3)11(4,5)9-12(6)7/h8-9H2,1-7H3. The molecule has 0 aliphatic heterocycles. The SMILES string of the molecule is CCC(C)(C)C(C)(C)CN(C)C. The van der Waals surface area contributed by atoms with Crippen LogP contribution in [0.15, 0.2) is 0 Å². The largest absolute Gasteiger partial charge is 0.309 e. The molecule has 0 aliphatic rings. The molecule has 0 saturated heterocycles. The van der Waals surface area contributed by atoms with Gasteiger partial charge in [-0.1, -0.05) is 41.0 Å². The van der Waals surface area contributed by atoms with Gasteiger partial charge in [0.25, 0.3) is 0 Å². The van der Waals surface area contributed by atoms with Crippen LogP contribution in [0.4, 0.5) is 0 Å². The molecule has 0 N–H and O–H groups in total. The summed E-state index contributed by atoms with van der Waals surface area (Å²) in [5, 5.41) is 0. The van der Waals surface area contributed by atoms with E-state index in [4.69, 9.17) is 0 Å². The van der Waals surface area contributed by atoms with E-state index >= 15 is 0 Å². The van der Waals surface area contributed by atoms with Crippen LogP contribution in [0.25, 0.3) is 0 Å². The summed E-state index contributed by atoms with van der Waals surface area (Å²) in [6.07, 6.45) is 1.24. The summed E-state index contributed by atoms with van der Waals surface area (Å²) in [5.41, 5.74) is 0.822. The van der Waals surface area contributed by atoms with Gasteiger partial charge in [0.2, 0.25) is 0 Å². The molecule has 0 radical (unpaired) electrons. The maximum Gasteiger partial charge on any atom is 0.00317 e. The lowest BCUT2D eigenvalue weighted by Gasteiger charge is -2.43. The Bertz CT molecular complexity index is 134. The molecule has 0 aromatic rings. The topological polar surface area (TPSA) is 3.24 Å². The highest BCUT2D eigenvalue weighted by molar-refractivity contribution is 4.86. The van der Waals surface area contributed by atoms with Crippen LogP contribution in [0.3, 0.4) is 0 Å². The first-order valence-electron chi connectivity index (χ1n) is 4.87. The third-order valence-electron chi connectivity index (χ3n) is 3.43. The molecule has 0 spiro atoms. The first-order chi connectivity index (χ1) is 5.23. The fourth-order valence-electron chi connectivity index (χ4n) is 1.48. The lowest BCUT2D eigenvalue weighted by Crippen LogP contribution is -2.40. The van der Waals surface area contributed by atoms with E-state index < -0.39 is 0 Å².